The van der Waals surface area contributed by atoms with Gasteiger partial charge in [0.15, 0.2) is 5.75 Å². The molecule has 0 atom stereocenters. The fourth-order valence-corrected chi connectivity index (χ4v) is 1.49. The Morgan fingerprint density at radius 1 is 1.24 bits per heavy atom. The predicted octanol–water partition coefficient (Wildman–Crippen LogP) is 2.39. The van der Waals surface area contributed by atoms with Crippen molar-refractivity contribution in [3.63, 3.8) is 0 Å². The number of aromatic nitrogens is 1. The standard InChI is InChI=1S/C10H5F4NO2/c11-6-2-1-5(10(12,13)14)8-4(6)3-7(16)9(17)15-8/h1-3,16H,(H,15,17). The molecule has 3 nitrogen and oxygen atoms in total. The van der Waals surface area contributed by atoms with Crippen LogP contribution in [-0.4, -0.2) is 10.1 Å². The van der Waals surface area contributed by atoms with Gasteiger partial charge in [-0.2, -0.15) is 13.2 Å². The Bertz CT molecular complexity index is 645. The van der Waals surface area contributed by atoms with Gasteiger partial charge >= 0.3 is 6.18 Å². The fourth-order valence-electron chi connectivity index (χ4n) is 1.49. The van der Waals surface area contributed by atoms with E-state index in [9.17, 15) is 22.4 Å². The van der Waals surface area contributed by atoms with Crippen LogP contribution in [-0.2, 0) is 6.18 Å². The van der Waals surface area contributed by atoms with Crippen LogP contribution in [0.2, 0.25) is 0 Å². The van der Waals surface area contributed by atoms with Gasteiger partial charge in [0.05, 0.1) is 11.1 Å². The second-order valence-corrected chi connectivity index (χ2v) is 3.37. The third-order valence-electron chi connectivity index (χ3n) is 2.25. The zero-order valence-electron chi connectivity index (χ0n) is 8.10. The van der Waals surface area contributed by atoms with Crippen LogP contribution in [0, 0.1) is 5.82 Å². The number of nitrogens with one attached hydrogen (secondary N) is 1. The molecule has 2 N–H and O–H groups in total. The third-order valence-corrected chi connectivity index (χ3v) is 2.25. The van der Waals surface area contributed by atoms with E-state index in [4.69, 9.17) is 5.11 Å². The van der Waals surface area contributed by atoms with Gasteiger partial charge in [0, 0.05) is 5.39 Å². The largest absolute Gasteiger partial charge is 0.503 e. The molecule has 1 heterocycles. The Morgan fingerprint density at radius 2 is 1.88 bits per heavy atom. The highest BCUT2D eigenvalue weighted by molar-refractivity contribution is 5.83. The number of hydrogen-bond donors (Lipinski definition) is 2. The van der Waals surface area contributed by atoms with Gasteiger partial charge in [-0.25, -0.2) is 4.39 Å². The van der Waals surface area contributed by atoms with Crippen molar-refractivity contribution < 1.29 is 22.7 Å². The second kappa shape index (κ2) is 3.47. The van der Waals surface area contributed by atoms with E-state index in [1.54, 1.807) is 0 Å². The van der Waals surface area contributed by atoms with Crippen LogP contribution in [0.25, 0.3) is 10.9 Å². The molecule has 90 valence electrons. The topological polar surface area (TPSA) is 53.1 Å². The van der Waals surface area contributed by atoms with Gasteiger partial charge in [-0.3, -0.25) is 4.79 Å². The maximum absolute atomic E-state index is 13.3. The van der Waals surface area contributed by atoms with Crippen molar-refractivity contribution in [1.29, 1.82) is 0 Å². The molecular formula is C10H5F4NO2. The van der Waals surface area contributed by atoms with Crippen LogP contribution in [0.4, 0.5) is 17.6 Å². The summed E-state index contributed by atoms with van der Waals surface area (Å²) >= 11 is 0. The van der Waals surface area contributed by atoms with E-state index in [-0.39, 0.29) is 0 Å². The Balaban J connectivity index is 2.95. The summed E-state index contributed by atoms with van der Waals surface area (Å²) in [6.07, 6.45) is -4.72. The molecule has 2 aromatic rings. The number of fused-ring (bicyclic) bond motifs is 1. The van der Waals surface area contributed by atoms with E-state index in [0.29, 0.717) is 18.2 Å². The van der Waals surface area contributed by atoms with Gasteiger partial charge < -0.3 is 10.1 Å². The normalized spacial score (nSPS) is 12.0. The summed E-state index contributed by atoms with van der Waals surface area (Å²) in [4.78, 5) is 12.8. The zero-order chi connectivity index (χ0) is 12.8. The first-order valence-corrected chi connectivity index (χ1v) is 4.42. The molecule has 17 heavy (non-hydrogen) atoms. The molecule has 0 fully saturated rings. The number of aromatic amines is 1. The SMILES string of the molecule is O=c1[nH]c2c(C(F)(F)F)ccc(F)c2cc1O. The number of hydrogen-bond acceptors (Lipinski definition) is 2. The number of alkyl halides is 3. The quantitative estimate of drug-likeness (QED) is 0.702. The highest BCUT2D eigenvalue weighted by Crippen LogP contribution is 2.34. The van der Waals surface area contributed by atoms with Crippen molar-refractivity contribution in [3.8, 4) is 5.75 Å². The minimum absolute atomic E-state index is 0.489. The third kappa shape index (κ3) is 1.83. The summed E-state index contributed by atoms with van der Waals surface area (Å²) < 4.78 is 51.0. The highest BCUT2D eigenvalue weighted by atomic mass is 19.4. The second-order valence-electron chi connectivity index (χ2n) is 3.37. The highest BCUT2D eigenvalue weighted by Gasteiger charge is 2.33. The summed E-state index contributed by atoms with van der Waals surface area (Å²) in [6.45, 7) is 0. The van der Waals surface area contributed by atoms with Gasteiger partial charge in [-0.1, -0.05) is 0 Å². The summed E-state index contributed by atoms with van der Waals surface area (Å²) in [5, 5.41) is 8.55. The maximum atomic E-state index is 13.3. The number of H-pyrrole nitrogens is 1. The van der Waals surface area contributed by atoms with Crippen molar-refractivity contribution in [2.75, 3.05) is 0 Å². The smallest absolute Gasteiger partial charge is 0.418 e. The molecule has 1 aromatic heterocycles. The van der Waals surface area contributed by atoms with Gasteiger partial charge in [-0.05, 0) is 18.2 Å². The van der Waals surface area contributed by atoms with E-state index in [0.717, 1.165) is 0 Å². The first-order valence-electron chi connectivity index (χ1n) is 4.42. The summed E-state index contributed by atoms with van der Waals surface area (Å²) in [5.74, 6) is -1.80. The molecule has 0 saturated heterocycles. The van der Waals surface area contributed by atoms with Crippen LogP contribution in [0.15, 0.2) is 23.0 Å². The van der Waals surface area contributed by atoms with Crippen LogP contribution in [0.5, 0.6) is 5.75 Å². The Labute approximate surface area is 91.3 Å². The summed E-state index contributed by atoms with van der Waals surface area (Å²) in [5.41, 5.74) is -2.94. The van der Waals surface area contributed by atoms with E-state index in [1.165, 1.54) is 0 Å². The average Bonchev–Trinajstić information content (AvgIpc) is 2.19. The van der Waals surface area contributed by atoms with Gasteiger partial charge in [0.2, 0.25) is 0 Å². The van der Waals surface area contributed by atoms with E-state index in [2.05, 4.69) is 0 Å². The molecule has 0 radical (unpaired) electrons. The fraction of sp³-hybridized carbons (Fsp3) is 0.100. The number of rotatable bonds is 0. The molecule has 0 spiro atoms. The molecule has 1 aromatic carbocycles. The molecular weight excluding hydrogens is 242 g/mol. The van der Waals surface area contributed by atoms with Gasteiger partial charge in [-0.15, -0.1) is 0 Å². The molecule has 0 saturated carbocycles. The molecule has 0 amide bonds. The van der Waals surface area contributed by atoms with Crippen LogP contribution in [0.1, 0.15) is 5.56 Å². The first-order chi connectivity index (χ1) is 7.80. The monoisotopic (exact) mass is 247 g/mol. The average molecular weight is 247 g/mol. The number of halogens is 4. The minimum atomic E-state index is -4.72. The molecule has 0 unspecified atom stereocenters. The molecule has 7 heteroatoms. The van der Waals surface area contributed by atoms with Crippen molar-refractivity contribution in [1.82, 2.24) is 4.98 Å². The lowest BCUT2D eigenvalue weighted by atomic mass is 10.1. The molecule has 0 aliphatic heterocycles. The minimum Gasteiger partial charge on any atom is -0.503 e. The Morgan fingerprint density at radius 3 is 2.47 bits per heavy atom. The molecule has 2 rings (SSSR count). The van der Waals surface area contributed by atoms with Crippen LogP contribution in [0.3, 0.4) is 0 Å². The van der Waals surface area contributed by atoms with Crippen LogP contribution >= 0.6 is 0 Å². The Hall–Kier alpha value is -2.05. The first kappa shape index (κ1) is 11.4. The maximum Gasteiger partial charge on any atom is 0.418 e. The summed E-state index contributed by atoms with van der Waals surface area (Å²) in [7, 11) is 0. The van der Waals surface area contributed by atoms with E-state index >= 15 is 0 Å². The lowest BCUT2D eigenvalue weighted by molar-refractivity contribution is -0.136. The number of aromatic hydroxyl groups is 1. The van der Waals surface area contributed by atoms with Gasteiger partial charge in [0.25, 0.3) is 5.56 Å². The van der Waals surface area contributed by atoms with Crippen molar-refractivity contribution in [2.45, 2.75) is 6.18 Å². The van der Waals surface area contributed by atoms with E-state index in [1.807, 2.05) is 4.98 Å². The summed E-state index contributed by atoms with van der Waals surface area (Å²) in [6, 6.07) is 1.83. The predicted molar refractivity (Wildman–Crippen MR) is 51.2 cm³/mol. The lowest BCUT2D eigenvalue weighted by Gasteiger charge is -2.10. The van der Waals surface area contributed by atoms with E-state index < -0.39 is 39.8 Å². The zero-order valence-corrected chi connectivity index (χ0v) is 8.10. The van der Waals surface area contributed by atoms with Crippen molar-refractivity contribution in [2.24, 2.45) is 0 Å². The van der Waals surface area contributed by atoms with Gasteiger partial charge in [0.1, 0.15) is 5.82 Å². The Kier molecular flexibility index (Phi) is 2.34. The molecule has 0 bridgehead atoms. The lowest BCUT2D eigenvalue weighted by Crippen LogP contribution is -2.12. The number of benzene rings is 1. The molecule has 0 aliphatic carbocycles. The van der Waals surface area contributed by atoms with Crippen molar-refractivity contribution >= 4 is 10.9 Å². The van der Waals surface area contributed by atoms with Crippen molar-refractivity contribution in [3.05, 3.63) is 39.9 Å². The van der Waals surface area contributed by atoms with Crippen LogP contribution < -0.4 is 5.56 Å². The molecule has 0 aliphatic rings. The number of pyridine rings is 1.